The molecule has 0 aliphatic rings. The minimum atomic E-state index is -0.762. The van der Waals surface area contributed by atoms with Crippen LogP contribution in [0.3, 0.4) is 0 Å². The van der Waals surface area contributed by atoms with Crippen LogP contribution in [0.2, 0.25) is 0 Å². The molecular weight excluding hydrogens is 781 g/mol. The minimum absolute atomic E-state index is 0.0622. The van der Waals surface area contributed by atoms with Gasteiger partial charge in [-0.25, -0.2) is 0 Å². The number of carbonyl (C=O) groups excluding carboxylic acids is 3. The monoisotopic (exact) mass is 891 g/mol. The standard InChI is InChI=1S/C57H110O6/c1-5-8-10-12-14-16-18-20-22-23-24-26-28-33-37-41-45-49-56(59)62-52-54(63-57(60)50-46-42-38-34-30-29-31-35-39-43-47-53(4)7-3)51-61-55(58)48-44-40-36-32-27-25-21-19-17-15-13-11-9-6-2/h53-54H,5-52H2,1-4H3/t53?,54-/m0/s1. The lowest BCUT2D eigenvalue weighted by Gasteiger charge is -2.18. The Hall–Kier alpha value is -1.59. The van der Waals surface area contributed by atoms with Gasteiger partial charge in [-0.15, -0.1) is 0 Å². The molecule has 0 fully saturated rings. The molecule has 0 amide bonds. The first-order chi connectivity index (χ1) is 30.9. The van der Waals surface area contributed by atoms with E-state index in [0.29, 0.717) is 19.3 Å². The van der Waals surface area contributed by atoms with Crippen LogP contribution in [0.1, 0.15) is 323 Å². The van der Waals surface area contributed by atoms with Gasteiger partial charge in [0.1, 0.15) is 13.2 Å². The molecule has 63 heavy (non-hydrogen) atoms. The molecule has 0 saturated carbocycles. The predicted molar refractivity (Wildman–Crippen MR) is 270 cm³/mol. The lowest BCUT2D eigenvalue weighted by Crippen LogP contribution is -2.30. The third-order valence-corrected chi connectivity index (χ3v) is 13.4. The molecule has 0 heterocycles. The SMILES string of the molecule is CCCCCCCCCCCCCCCCCCCC(=O)OC[C@H](COC(=O)CCCCCCCCCCCCCCCC)OC(=O)CCCCCCCCCCCCC(C)CC. The number of rotatable bonds is 52. The van der Waals surface area contributed by atoms with Crippen LogP contribution in [0.15, 0.2) is 0 Å². The van der Waals surface area contributed by atoms with Gasteiger partial charge in [0.25, 0.3) is 0 Å². The van der Waals surface area contributed by atoms with E-state index in [1.54, 1.807) is 0 Å². The van der Waals surface area contributed by atoms with Crippen molar-refractivity contribution >= 4 is 17.9 Å². The van der Waals surface area contributed by atoms with Gasteiger partial charge in [0.2, 0.25) is 0 Å². The summed E-state index contributed by atoms with van der Waals surface area (Å²) in [5.74, 6) is 0.0300. The van der Waals surface area contributed by atoms with E-state index in [1.165, 1.54) is 218 Å². The third-order valence-electron chi connectivity index (χ3n) is 13.4. The van der Waals surface area contributed by atoms with E-state index in [2.05, 4.69) is 27.7 Å². The van der Waals surface area contributed by atoms with Gasteiger partial charge in [-0.2, -0.15) is 0 Å². The molecule has 0 spiro atoms. The third kappa shape index (κ3) is 49.7. The van der Waals surface area contributed by atoms with Crippen LogP contribution in [0, 0.1) is 5.92 Å². The molecular formula is C57H110O6. The van der Waals surface area contributed by atoms with E-state index in [1.807, 2.05) is 0 Å². The summed E-state index contributed by atoms with van der Waals surface area (Å²) in [5, 5.41) is 0. The second-order valence-electron chi connectivity index (χ2n) is 19.8. The van der Waals surface area contributed by atoms with Gasteiger partial charge in [-0.3, -0.25) is 14.4 Å². The maximum Gasteiger partial charge on any atom is 0.306 e. The molecule has 0 aliphatic carbocycles. The Morgan fingerprint density at radius 1 is 0.317 bits per heavy atom. The summed E-state index contributed by atoms with van der Waals surface area (Å²) >= 11 is 0. The van der Waals surface area contributed by atoms with Gasteiger partial charge >= 0.3 is 17.9 Å². The summed E-state index contributed by atoms with van der Waals surface area (Å²) in [6.07, 6.45) is 55.1. The molecule has 0 saturated heterocycles. The van der Waals surface area contributed by atoms with Crippen molar-refractivity contribution in [2.24, 2.45) is 5.92 Å². The maximum atomic E-state index is 12.8. The number of ether oxygens (including phenoxy) is 3. The summed E-state index contributed by atoms with van der Waals surface area (Å²) in [6.45, 7) is 9.07. The predicted octanol–water partition coefficient (Wildman–Crippen LogP) is 18.6. The summed E-state index contributed by atoms with van der Waals surface area (Å²) in [6, 6.07) is 0. The van der Waals surface area contributed by atoms with Crippen LogP contribution in [-0.2, 0) is 28.6 Å². The second-order valence-corrected chi connectivity index (χ2v) is 19.8. The normalized spacial score (nSPS) is 12.4. The van der Waals surface area contributed by atoms with Gasteiger partial charge in [0.15, 0.2) is 6.10 Å². The van der Waals surface area contributed by atoms with Gasteiger partial charge in [0.05, 0.1) is 0 Å². The molecule has 0 radical (unpaired) electrons. The van der Waals surface area contributed by atoms with Crippen LogP contribution >= 0.6 is 0 Å². The Morgan fingerprint density at radius 3 is 0.825 bits per heavy atom. The van der Waals surface area contributed by atoms with Crippen molar-refractivity contribution in [3.63, 3.8) is 0 Å². The van der Waals surface area contributed by atoms with E-state index in [4.69, 9.17) is 14.2 Å². The fourth-order valence-electron chi connectivity index (χ4n) is 8.72. The quantitative estimate of drug-likeness (QED) is 0.0344. The molecule has 0 aliphatic heterocycles. The highest BCUT2D eigenvalue weighted by Gasteiger charge is 2.19. The molecule has 0 rings (SSSR count). The number of unbranched alkanes of at least 4 members (excludes halogenated alkanes) is 38. The smallest absolute Gasteiger partial charge is 0.306 e. The minimum Gasteiger partial charge on any atom is -0.462 e. The zero-order valence-electron chi connectivity index (χ0n) is 43.0. The molecule has 2 atom stereocenters. The largest absolute Gasteiger partial charge is 0.462 e. The van der Waals surface area contributed by atoms with Crippen LogP contribution in [-0.4, -0.2) is 37.2 Å². The van der Waals surface area contributed by atoms with Gasteiger partial charge in [0, 0.05) is 19.3 Å². The van der Waals surface area contributed by atoms with Crippen molar-refractivity contribution in [1.82, 2.24) is 0 Å². The van der Waals surface area contributed by atoms with Gasteiger partial charge in [-0.05, 0) is 25.2 Å². The van der Waals surface area contributed by atoms with E-state index in [0.717, 1.165) is 63.7 Å². The maximum absolute atomic E-state index is 12.8. The summed E-state index contributed by atoms with van der Waals surface area (Å²) in [4.78, 5) is 38.1. The van der Waals surface area contributed by atoms with Crippen LogP contribution in [0.4, 0.5) is 0 Å². The average molecular weight is 892 g/mol. The first-order valence-electron chi connectivity index (χ1n) is 28.4. The van der Waals surface area contributed by atoms with Crippen molar-refractivity contribution in [1.29, 1.82) is 0 Å². The van der Waals surface area contributed by atoms with Crippen molar-refractivity contribution in [2.75, 3.05) is 13.2 Å². The van der Waals surface area contributed by atoms with Crippen molar-refractivity contribution in [3.05, 3.63) is 0 Å². The highest BCUT2D eigenvalue weighted by atomic mass is 16.6. The molecule has 0 aromatic carbocycles. The van der Waals surface area contributed by atoms with E-state index < -0.39 is 6.10 Å². The van der Waals surface area contributed by atoms with E-state index >= 15 is 0 Å². The number of carbonyl (C=O) groups is 3. The lowest BCUT2D eigenvalue weighted by molar-refractivity contribution is -0.167. The van der Waals surface area contributed by atoms with E-state index in [9.17, 15) is 14.4 Å². The number of hydrogen-bond donors (Lipinski definition) is 0. The van der Waals surface area contributed by atoms with Crippen molar-refractivity contribution in [2.45, 2.75) is 329 Å². The van der Waals surface area contributed by atoms with Crippen LogP contribution in [0.25, 0.3) is 0 Å². The Bertz CT molecular complexity index is 951. The fraction of sp³-hybridized carbons (Fsp3) is 0.947. The molecule has 0 bridgehead atoms. The Labute approximate surface area is 393 Å². The van der Waals surface area contributed by atoms with Gasteiger partial charge < -0.3 is 14.2 Å². The lowest BCUT2D eigenvalue weighted by atomic mass is 9.99. The Balaban J connectivity index is 4.30. The van der Waals surface area contributed by atoms with Crippen molar-refractivity contribution in [3.8, 4) is 0 Å². The second kappa shape index (κ2) is 51.4. The molecule has 374 valence electrons. The molecule has 1 unspecified atom stereocenters. The topological polar surface area (TPSA) is 78.9 Å². The number of hydrogen-bond acceptors (Lipinski definition) is 6. The highest BCUT2D eigenvalue weighted by molar-refractivity contribution is 5.71. The Morgan fingerprint density at radius 2 is 0.556 bits per heavy atom. The molecule has 6 heteroatoms. The fourth-order valence-corrected chi connectivity index (χ4v) is 8.72. The molecule has 0 aromatic rings. The number of esters is 3. The van der Waals surface area contributed by atoms with Crippen LogP contribution in [0.5, 0.6) is 0 Å². The summed E-state index contributed by atoms with van der Waals surface area (Å²) in [7, 11) is 0. The zero-order valence-corrected chi connectivity index (χ0v) is 43.0. The van der Waals surface area contributed by atoms with Gasteiger partial charge in [-0.1, -0.05) is 285 Å². The molecule has 6 nitrogen and oxygen atoms in total. The average Bonchev–Trinajstić information content (AvgIpc) is 3.28. The highest BCUT2D eigenvalue weighted by Crippen LogP contribution is 2.18. The van der Waals surface area contributed by atoms with Crippen LogP contribution < -0.4 is 0 Å². The van der Waals surface area contributed by atoms with Crippen molar-refractivity contribution < 1.29 is 28.6 Å². The zero-order chi connectivity index (χ0) is 45.9. The first kappa shape index (κ1) is 61.4. The summed E-state index contributed by atoms with van der Waals surface area (Å²) < 4.78 is 16.9. The molecule has 0 N–H and O–H groups in total. The summed E-state index contributed by atoms with van der Waals surface area (Å²) in [5.41, 5.74) is 0. The molecule has 0 aromatic heterocycles. The van der Waals surface area contributed by atoms with E-state index in [-0.39, 0.29) is 31.1 Å². The first-order valence-corrected chi connectivity index (χ1v) is 28.4. The Kier molecular flexibility index (Phi) is 50.1.